The maximum atomic E-state index is 14.9. The van der Waals surface area contributed by atoms with E-state index in [1.54, 1.807) is 44.2 Å². The van der Waals surface area contributed by atoms with Gasteiger partial charge >= 0.3 is 0 Å². The van der Waals surface area contributed by atoms with E-state index < -0.39 is 11.6 Å². The highest BCUT2D eigenvalue weighted by Crippen LogP contribution is 2.33. The summed E-state index contributed by atoms with van der Waals surface area (Å²) in [6, 6.07) is 15.1. The first-order valence-corrected chi connectivity index (χ1v) is 11.4. The molecule has 0 heterocycles. The van der Waals surface area contributed by atoms with Crippen LogP contribution in [-0.4, -0.2) is 14.4 Å². The van der Waals surface area contributed by atoms with Gasteiger partial charge in [-0.15, -0.1) is 0 Å². The number of hydrogen-bond acceptors (Lipinski definition) is 1. The van der Waals surface area contributed by atoms with Crippen molar-refractivity contribution in [3.05, 3.63) is 77.6 Å². The zero-order valence-electron chi connectivity index (χ0n) is 19.2. The summed E-state index contributed by atoms with van der Waals surface area (Å²) in [5.41, 5.74) is 2.84. The van der Waals surface area contributed by atoms with Gasteiger partial charge in [-0.3, -0.25) is 0 Å². The molecule has 0 fully saturated rings. The van der Waals surface area contributed by atoms with E-state index in [0.717, 1.165) is 24.8 Å². The zero-order chi connectivity index (χ0) is 23.3. The molecule has 0 aromatic heterocycles. The van der Waals surface area contributed by atoms with Crippen molar-refractivity contribution < 1.29 is 17.9 Å². The lowest BCUT2D eigenvalue weighted by Crippen LogP contribution is -2.01. The third-order valence-electron chi connectivity index (χ3n) is 6.21. The fraction of sp³-hybridized carbons (Fsp3) is 0.333. The smallest absolute Gasteiger partial charge is 0.201 e. The van der Waals surface area contributed by atoms with Crippen LogP contribution >= 0.6 is 0 Å². The molecular formula is C27H30BF3O. The van der Waals surface area contributed by atoms with Gasteiger partial charge < -0.3 is 4.74 Å². The average molecular weight is 438 g/mol. The molecule has 0 saturated carbocycles. The average Bonchev–Trinajstić information content (AvgIpc) is 2.80. The molecule has 168 valence electrons. The van der Waals surface area contributed by atoms with E-state index in [9.17, 15) is 13.2 Å². The van der Waals surface area contributed by atoms with E-state index >= 15 is 0 Å². The predicted octanol–water partition coefficient (Wildman–Crippen LogP) is 7.34. The van der Waals surface area contributed by atoms with E-state index in [2.05, 4.69) is 20.8 Å². The van der Waals surface area contributed by atoms with Crippen LogP contribution in [0.4, 0.5) is 13.2 Å². The van der Waals surface area contributed by atoms with E-state index in [-0.39, 0.29) is 23.6 Å². The number of benzene rings is 3. The first kappa shape index (κ1) is 24.0. The summed E-state index contributed by atoms with van der Waals surface area (Å²) in [6.45, 7) is 6.82. The van der Waals surface area contributed by atoms with Crippen LogP contribution in [-0.2, 0) is 0 Å². The summed E-state index contributed by atoms with van der Waals surface area (Å²) in [5.74, 6) is -1.36. The molecule has 0 aliphatic carbocycles. The van der Waals surface area contributed by atoms with Gasteiger partial charge in [-0.25, -0.2) is 8.78 Å². The molecule has 5 heteroatoms. The van der Waals surface area contributed by atoms with Crippen molar-refractivity contribution in [2.45, 2.75) is 46.0 Å². The molecule has 0 radical (unpaired) electrons. The second kappa shape index (κ2) is 10.8. The highest BCUT2D eigenvalue weighted by atomic mass is 19.2. The third kappa shape index (κ3) is 5.38. The molecule has 0 amide bonds. The SMILES string of the molecule is BCOc1ccc(-c2ccc(-c3ccc(C(C)CCC(C)CC)cc3F)cc2)c(F)c1F. The van der Waals surface area contributed by atoms with Gasteiger partial charge in [0, 0.05) is 11.1 Å². The Kier molecular flexibility index (Phi) is 8.06. The molecule has 0 N–H and O–H groups in total. The molecule has 2 unspecified atom stereocenters. The minimum absolute atomic E-state index is 0.106. The normalized spacial score (nSPS) is 13.1. The minimum Gasteiger partial charge on any atom is -0.500 e. The molecule has 0 spiro atoms. The molecule has 3 aromatic carbocycles. The van der Waals surface area contributed by atoms with Gasteiger partial charge in [0.15, 0.2) is 19.4 Å². The first-order chi connectivity index (χ1) is 15.3. The largest absolute Gasteiger partial charge is 0.500 e. The van der Waals surface area contributed by atoms with Crippen molar-refractivity contribution >= 4 is 7.85 Å². The van der Waals surface area contributed by atoms with Crippen LogP contribution in [0, 0.1) is 23.4 Å². The molecule has 0 aliphatic heterocycles. The van der Waals surface area contributed by atoms with E-state index in [1.807, 2.05) is 6.07 Å². The van der Waals surface area contributed by atoms with Crippen LogP contribution in [0.5, 0.6) is 5.75 Å². The predicted molar refractivity (Wildman–Crippen MR) is 128 cm³/mol. The van der Waals surface area contributed by atoms with Gasteiger partial charge in [-0.05, 0) is 53.1 Å². The van der Waals surface area contributed by atoms with Gasteiger partial charge in [0.25, 0.3) is 0 Å². The lowest BCUT2D eigenvalue weighted by atomic mass is 9.90. The number of halogens is 3. The Bertz CT molecular complexity index is 1050. The Labute approximate surface area is 190 Å². The minimum atomic E-state index is -1.00. The molecule has 1 nitrogen and oxygen atoms in total. The van der Waals surface area contributed by atoms with Crippen LogP contribution in [0.15, 0.2) is 54.6 Å². The monoisotopic (exact) mass is 438 g/mol. The van der Waals surface area contributed by atoms with Crippen molar-refractivity contribution in [2.75, 3.05) is 6.51 Å². The van der Waals surface area contributed by atoms with Crippen molar-refractivity contribution in [1.82, 2.24) is 0 Å². The van der Waals surface area contributed by atoms with Crippen LogP contribution in [0.25, 0.3) is 22.3 Å². The van der Waals surface area contributed by atoms with Gasteiger partial charge in [-0.1, -0.05) is 70.0 Å². The van der Waals surface area contributed by atoms with Crippen molar-refractivity contribution in [2.24, 2.45) is 5.92 Å². The van der Waals surface area contributed by atoms with E-state index in [1.165, 1.54) is 12.1 Å². The molecular weight excluding hydrogens is 408 g/mol. The molecule has 32 heavy (non-hydrogen) atoms. The lowest BCUT2D eigenvalue weighted by molar-refractivity contribution is 0.352. The molecule has 3 rings (SSSR count). The molecule has 0 bridgehead atoms. The van der Waals surface area contributed by atoms with E-state index in [0.29, 0.717) is 28.5 Å². The van der Waals surface area contributed by atoms with Crippen molar-refractivity contribution in [3.8, 4) is 28.0 Å². The first-order valence-electron chi connectivity index (χ1n) is 11.4. The molecule has 2 atom stereocenters. The van der Waals surface area contributed by atoms with Crippen LogP contribution in [0.1, 0.15) is 51.5 Å². The highest BCUT2D eigenvalue weighted by Gasteiger charge is 2.16. The molecule has 3 aromatic rings. The van der Waals surface area contributed by atoms with Gasteiger partial charge in [0.2, 0.25) is 5.82 Å². The topological polar surface area (TPSA) is 9.23 Å². The fourth-order valence-electron chi connectivity index (χ4n) is 3.83. The quantitative estimate of drug-likeness (QED) is 0.318. The Morgan fingerprint density at radius 3 is 2.03 bits per heavy atom. The van der Waals surface area contributed by atoms with Crippen LogP contribution < -0.4 is 4.74 Å². The summed E-state index contributed by atoms with van der Waals surface area (Å²) in [5, 5.41) is 0. The summed E-state index contributed by atoms with van der Waals surface area (Å²) in [7, 11) is 1.71. The summed E-state index contributed by atoms with van der Waals surface area (Å²) in [4.78, 5) is 0. The highest BCUT2D eigenvalue weighted by molar-refractivity contribution is 6.08. The summed E-state index contributed by atoms with van der Waals surface area (Å²) < 4.78 is 48.7. The van der Waals surface area contributed by atoms with Crippen LogP contribution in [0.3, 0.4) is 0 Å². The Balaban J connectivity index is 1.80. The van der Waals surface area contributed by atoms with Crippen molar-refractivity contribution in [1.29, 1.82) is 0 Å². The third-order valence-corrected chi connectivity index (χ3v) is 6.21. The summed E-state index contributed by atoms with van der Waals surface area (Å²) >= 11 is 0. The number of ether oxygens (including phenoxy) is 1. The van der Waals surface area contributed by atoms with Gasteiger partial charge in [0.1, 0.15) is 5.82 Å². The van der Waals surface area contributed by atoms with Crippen LogP contribution in [0.2, 0.25) is 0 Å². The van der Waals surface area contributed by atoms with Gasteiger partial charge in [0.05, 0.1) is 6.51 Å². The Hall–Kier alpha value is -2.69. The second-order valence-corrected chi connectivity index (χ2v) is 8.48. The fourth-order valence-corrected chi connectivity index (χ4v) is 3.83. The summed E-state index contributed by atoms with van der Waals surface area (Å²) in [6.07, 6.45) is 3.32. The number of rotatable bonds is 9. The molecule has 0 aliphatic rings. The van der Waals surface area contributed by atoms with E-state index in [4.69, 9.17) is 4.74 Å². The Morgan fingerprint density at radius 2 is 1.44 bits per heavy atom. The lowest BCUT2D eigenvalue weighted by Gasteiger charge is -2.16. The van der Waals surface area contributed by atoms with Gasteiger partial charge in [-0.2, -0.15) is 4.39 Å². The Morgan fingerprint density at radius 1 is 0.812 bits per heavy atom. The molecule has 0 saturated heterocycles. The standard InChI is InChI=1S/C27H30BF3O/c1-4-17(2)5-6-18(3)21-11-12-22(24(29)15-21)19-7-9-20(10-8-19)23-13-14-25(32-16-28)27(31)26(23)30/h7-15,17-18H,4-6,16,28H2,1-3H3. The second-order valence-electron chi connectivity index (χ2n) is 8.48. The zero-order valence-corrected chi connectivity index (χ0v) is 19.2. The van der Waals surface area contributed by atoms with Crippen molar-refractivity contribution in [3.63, 3.8) is 0 Å². The number of hydrogen-bond donors (Lipinski definition) is 0. The maximum Gasteiger partial charge on any atom is 0.201 e. The maximum absolute atomic E-state index is 14.9.